The molecule has 1 saturated heterocycles. The number of methoxy groups -OCH3 is 1. The molecule has 12 nitrogen and oxygen atoms in total. The lowest BCUT2D eigenvalue weighted by molar-refractivity contribution is -0.130. The quantitative estimate of drug-likeness (QED) is 0.347. The average Bonchev–Trinajstić information content (AvgIpc) is 2.60. The molecular weight excluding hydrogens is 415 g/mol. The summed E-state index contributed by atoms with van der Waals surface area (Å²) in [6.07, 6.45) is -0.367. The Labute approximate surface area is 161 Å². The largest absolute Gasteiger partial charge is 0.497 e. The molecule has 0 radical (unpaired) electrons. The van der Waals surface area contributed by atoms with E-state index in [1.54, 1.807) is 24.3 Å². The first-order valence-electron chi connectivity index (χ1n) is 8.05. The molecule has 1 fully saturated rings. The van der Waals surface area contributed by atoms with E-state index in [4.69, 9.17) is 19.5 Å². The molecule has 1 aliphatic heterocycles. The van der Waals surface area contributed by atoms with E-state index >= 15 is 0 Å². The molecule has 28 heavy (non-hydrogen) atoms. The summed E-state index contributed by atoms with van der Waals surface area (Å²) in [4.78, 5) is 24.4. The van der Waals surface area contributed by atoms with Gasteiger partial charge >= 0.3 is 24.0 Å². The number of nitrogens with two attached hydrogens (primary N) is 1. The molecule has 5 N–H and O–H groups in total. The first-order chi connectivity index (χ1) is 13.0. The average molecular weight is 436 g/mol. The lowest BCUT2D eigenvalue weighted by Crippen LogP contribution is -2.53. The molecule has 0 unspecified atom stereocenters. The summed E-state index contributed by atoms with van der Waals surface area (Å²) < 4.78 is 54.8. The van der Waals surface area contributed by atoms with Gasteiger partial charge in [-0.2, -0.15) is 8.42 Å². The number of nitrogens with one attached hydrogen (secondary N) is 2. The molecule has 0 bridgehead atoms. The number of carbonyl (C=O) groups is 2. The minimum atomic E-state index is -4.89. The summed E-state index contributed by atoms with van der Waals surface area (Å²) in [5, 5.41) is 2.33. The predicted octanol–water partition coefficient (Wildman–Crippen LogP) is 0.372. The van der Waals surface area contributed by atoms with Crippen molar-refractivity contribution in [1.82, 2.24) is 14.5 Å². The molecule has 1 aromatic rings. The Morgan fingerprint density at radius 3 is 2.61 bits per heavy atom. The van der Waals surface area contributed by atoms with Crippen LogP contribution in [0.15, 0.2) is 24.3 Å². The summed E-state index contributed by atoms with van der Waals surface area (Å²) in [6, 6.07) is 5.69. The highest BCUT2D eigenvalue weighted by Gasteiger charge is 2.40. The molecule has 0 aliphatic carbocycles. The molecule has 1 aromatic carbocycles. The fourth-order valence-electron chi connectivity index (χ4n) is 2.56. The molecule has 156 valence electrons. The van der Waals surface area contributed by atoms with Gasteiger partial charge in [-0.25, -0.2) is 4.79 Å². The Hall–Kier alpha value is -2.18. The molecule has 1 heterocycles. The number of amides is 2. The van der Waals surface area contributed by atoms with Crippen LogP contribution in [0.3, 0.4) is 0 Å². The van der Waals surface area contributed by atoms with Gasteiger partial charge < -0.3 is 14.8 Å². The van der Waals surface area contributed by atoms with Crippen LogP contribution in [0, 0.1) is 0 Å². The molecule has 1 aliphatic rings. The first-order valence-corrected chi connectivity index (χ1v) is 11.2. The van der Waals surface area contributed by atoms with Crippen LogP contribution >= 0.6 is 7.59 Å². The molecule has 14 heteroatoms. The van der Waals surface area contributed by atoms with E-state index in [1.807, 2.05) is 0 Å². The van der Waals surface area contributed by atoms with Gasteiger partial charge in [-0.3, -0.25) is 24.1 Å². The molecule has 0 aromatic heterocycles. The second-order valence-electron chi connectivity index (χ2n) is 5.91. The van der Waals surface area contributed by atoms with Gasteiger partial charge in [-0.15, -0.1) is 4.49 Å². The Kier molecular flexibility index (Phi) is 7.01. The summed E-state index contributed by atoms with van der Waals surface area (Å²) in [5.74, 6) is -0.208. The van der Waals surface area contributed by atoms with Crippen LogP contribution < -0.4 is 20.1 Å². The van der Waals surface area contributed by atoms with Crippen LogP contribution in [-0.2, 0) is 31.0 Å². The maximum Gasteiger partial charge on any atom is 0.408 e. The van der Waals surface area contributed by atoms with Gasteiger partial charge in [-0.1, -0.05) is 12.1 Å². The van der Waals surface area contributed by atoms with E-state index in [9.17, 15) is 22.6 Å². The van der Waals surface area contributed by atoms with Crippen molar-refractivity contribution in [3.8, 4) is 5.75 Å². The molecule has 2 rings (SSSR count). The second kappa shape index (κ2) is 8.88. The summed E-state index contributed by atoms with van der Waals surface area (Å²) in [5.41, 5.74) is 6.07. The summed E-state index contributed by atoms with van der Waals surface area (Å²) in [6.45, 7) is -0.158. The Morgan fingerprint density at radius 2 is 2.04 bits per heavy atom. The maximum absolute atomic E-state index is 12.4. The van der Waals surface area contributed by atoms with Crippen LogP contribution in [0.1, 0.15) is 18.4 Å². The fraction of sp³-hybridized carbons (Fsp3) is 0.429. The normalized spacial score (nSPS) is 19.6. The van der Waals surface area contributed by atoms with Gasteiger partial charge in [0, 0.05) is 6.54 Å². The Morgan fingerprint density at radius 1 is 1.39 bits per heavy atom. The van der Waals surface area contributed by atoms with Crippen LogP contribution in [0.4, 0.5) is 4.79 Å². The minimum absolute atomic E-state index is 0.0554. The van der Waals surface area contributed by atoms with Crippen molar-refractivity contribution in [2.24, 2.45) is 5.50 Å². The number of benzene rings is 1. The van der Waals surface area contributed by atoms with Crippen LogP contribution in [-0.4, -0.2) is 49.3 Å². The van der Waals surface area contributed by atoms with E-state index in [1.165, 1.54) is 11.6 Å². The third-order valence-corrected chi connectivity index (χ3v) is 6.92. The number of nitrogens with zero attached hydrogens (tertiary/aromatic N) is 1. The van der Waals surface area contributed by atoms with Crippen LogP contribution in [0.5, 0.6) is 5.75 Å². The smallest absolute Gasteiger partial charge is 0.408 e. The van der Waals surface area contributed by atoms with Crippen LogP contribution in [0.2, 0.25) is 0 Å². The standard InChI is InChI=1S/C14H21N4O8PS/c1-25-11-6-4-10(5-7-11)9-26-14(20)16-12-3-2-8-18(13(12)19)27(15,21)17-28(22,23)24/h4-7,12H,2-3,8-9H2,1H3,(H,16,20)(H3,15,17,21)(H,22,23,24)/t12-,27-/m0/s1. The van der Waals surface area contributed by atoms with Gasteiger partial charge in [0.1, 0.15) is 18.4 Å². The fourth-order valence-corrected chi connectivity index (χ4v) is 5.14. The maximum atomic E-state index is 12.4. The van der Waals surface area contributed by atoms with E-state index < -0.39 is 35.9 Å². The highest BCUT2D eigenvalue weighted by atomic mass is 32.2. The predicted molar refractivity (Wildman–Crippen MR) is 97.5 cm³/mol. The van der Waals surface area contributed by atoms with E-state index in [0.717, 1.165) is 0 Å². The third-order valence-electron chi connectivity index (χ3n) is 3.84. The highest BCUT2D eigenvalue weighted by molar-refractivity contribution is 7.90. The zero-order chi connectivity index (χ0) is 20.9. The lowest BCUT2D eigenvalue weighted by Gasteiger charge is -2.35. The number of piperidine rings is 1. The topological polar surface area (TPSA) is 177 Å². The SMILES string of the molecule is COc1ccc(COC(=O)N[C@H]2CCCN([P@@](N)(=O)NS(=O)(=O)O)C2=O)cc1. The van der Waals surface area contributed by atoms with E-state index in [2.05, 4.69) is 5.32 Å². The summed E-state index contributed by atoms with van der Waals surface area (Å²) in [7, 11) is -7.78. The number of rotatable bonds is 7. The number of hydrogen-bond donors (Lipinski definition) is 4. The Bertz CT molecular complexity index is 876. The number of ether oxygens (including phenoxy) is 2. The monoisotopic (exact) mass is 436 g/mol. The second-order valence-corrected chi connectivity index (χ2v) is 9.32. The summed E-state index contributed by atoms with van der Waals surface area (Å²) >= 11 is 0. The highest BCUT2D eigenvalue weighted by Crippen LogP contribution is 2.40. The first kappa shape index (κ1) is 22.1. The molecule has 2 atom stereocenters. The number of alkyl carbamates (subject to hydrolysis) is 1. The molecule has 0 spiro atoms. The zero-order valence-corrected chi connectivity index (χ0v) is 16.6. The van der Waals surface area contributed by atoms with Crippen molar-refractivity contribution >= 4 is 29.9 Å². The van der Waals surface area contributed by atoms with E-state index in [0.29, 0.717) is 22.4 Å². The van der Waals surface area contributed by atoms with Crippen molar-refractivity contribution < 1.29 is 36.6 Å². The van der Waals surface area contributed by atoms with Crippen molar-refractivity contribution in [3.63, 3.8) is 0 Å². The van der Waals surface area contributed by atoms with Crippen molar-refractivity contribution in [1.29, 1.82) is 0 Å². The lowest BCUT2D eigenvalue weighted by atomic mass is 10.1. The molecule has 2 amide bonds. The molecule has 0 saturated carbocycles. The Balaban J connectivity index is 1.94. The number of hydrogen-bond acceptors (Lipinski definition) is 7. The van der Waals surface area contributed by atoms with Gasteiger partial charge in [0.2, 0.25) is 0 Å². The van der Waals surface area contributed by atoms with Crippen LogP contribution in [0.25, 0.3) is 0 Å². The number of carbonyl (C=O) groups excluding carboxylic acids is 2. The van der Waals surface area contributed by atoms with Gasteiger partial charge in [0.15, 0.2) is 0 Å². The van der Waals surface area contributed by atoms with Gasteiger partial charge in [0.25, 0.3) is 5.91 Å². The van der Waals surface area contributed by atoms with Crippen molar-refractivity contribution in [3.05, 3.63) is 29.8 Å². The van der Waals surface area contributed by atoms with E-state index in [-0.39, 0.29) is 19.6 Å². The van der Waals surface area contributed by atoms with Crippen molar-refractivity contribution in [2.75, 3.05) is 13.7 Å². The van der Waals surface area contributed by atoms with Crippen molar-refractivity contribution in [2.45, 2.75) is 25.5 Å². The zero-order valence-electron chi connectivity index (χ0n) is 14.9. The van der Waals surface area contributed by atoms with Gasteiger partial charge in [0.05, 0.1) is 7.11 Å². The minimum Gasteiger partial charge on any atom is -0.497 e. The van der Waals surface area contributed by atoms with Gasteiger partial charge in [-0.05, 0) is 30.5 Å². The third kappa shape index (κ3) is 6.17. The molecular formula is C14H21N4O8PS.